The van der Waals surface area contributed by atoms with Crippen LogP contribution in [0.2, 0.25) is 0 Å². The van der Waals surface area contributed by atoms with Crippen molar-refractivity contribution in [2.75, 3.05) is 13.7 Å². The molecule has 6 nitrogen and oxygen atoms in total. The molecular formula is C23H31N3O3S. The second-order valence-corrected chi connectivity index (χ2v) is 9.24. The number of hydrogen-bond acceptors (Lipinski definition) is 4. The minimum atomic E-state index is -0.121. The number of aromatic nitrogens is 2. The van der Waals surface area contributed by atoms with Crippen molar-refractivity contribution in [3.05, 3.63) is 38.9 Å². The number of amides is 1. The molecule has 0 atom stereocenters. The third-order valence-corrected chi connectivity index (χ3v) is 6.84. The van der Waals surface area contributed by atoms with E-state index in [0.29, 0.717) is 52.9 Å². The van der Waals surface area contributed by atoms with E-state index in [4.69, 9.17) is 17.0 Å². The Morgan fingerprint density at radius 3 is 2.50 bits per heavy atom. The number of nitrogens with one attached hydrogen (secondary N) is 1. The third kappa shape index (κ3) is 4.37. The highest BCUT2D eigenvalue weighted by atomic mass is 32.1. The lowest BCUT2D eigenvalue weighted by molar-refractivity contribution is 0.0593. The molecule has 2 fully saturated rings. The number of nitrogens with zero attached hydrogens (tertiary/aromatic N) is 2. The van der Waals surface area contributed by atoms with Crippen LogP contribution in [-0.4, -0.2) is 46.2 Å². The maximum Gasteiger partial charge on any atom is 0.262 e. The van der Waals surface area contributed by atoms with Crippen LogP contribution in [0.3, 0.4) is 0 Å². The van der Waals surface area contributed by atoms with E-state index in [0.717, 1.165) is 31.6 Å². The SMILES string of the molecule is COCCCn1c(=S)[nH]c2cc(C(=O)N(C3CCC(C)CC3)C3CC3)ccc2c1=O. The van der Waals surface area contributed by atoms with Crippen LogP contribution in [-0.2, 0) is 11.3 Å². The summed E-state index contributed by atoms with van der Waals surface area (Å²) in [5.41, 5.74) is 1.14. The van der Waals surface area contributed by atoms with E-state index in [9.17, 15) is 9.59 Å². The second kappa shape index (κ2) is 9.02. The average Bonchev–Trinajstić information content (AvgIpc) is 3.56. The first kappa shape index (κ1) is 21.2. The summed E-state index contributed by atoms with van der Waals surface area (Å²) in [5.74, 6) is 0.840. The molecule has 0 aliphatic heterocycles. The van der Waals surface area contributed by atoms with Gasteiger partial charge in [-0.2, -0.15) is 0 Å². The zero-order valence-corrected chi connectivity index (χ0v) is 18.7. The topological polar surface area (TPSA) is 67.3 Å². The van der Waals surface area contributed by atoms with Crippen molar-refractivity contribution in [1.29, 1.82) is 0 Å². The quantitative estimate of drug-likeness (QED) is 0.527. The number of fused-ring (bicyclic) bond motifs is 1. The highest BCUT2D eigenvalue weighted by Crippen LogP contribution is 2.36. The van der Waals surface area contributed by atoms with Gasteiger partial charge in [0.2, 0.25) is 0 Å². The van der Waals surface area contributed by atoms with Gasteiger partial charge in [0.15, 0.2) is 4.77 Å². The molecule has 2 aromatic rings. The molecule has 2 aliphatic carbocycles. The van der Waals surface area contributed by atoms with Crippen molar-refractivity contribution >= 4 is 29.0 Å². The van der Waals surface area contributed by atoms with Crippen LogP contribution >= 0.6 is 12.2 Å². The number of methoxy groups -OCH3 is 1. The van der Waals surface area contributed by atoms with Gasteiger partial charge in [-0.25, -0.2) is 0 Å². The minimum Gasteiger partial charge on any atom is -0.385 e. The number of carbonyl (C=O) groups excluding carboxylic acids is 1. The van der Waals surface area contributed by atoms with Crippen molar-refractivity contribution in [2.24, 2.45) is 5.92 Å². The van der Waals surface area contributed by atoms with Gasteiger partial charge in [0.1, 0.15) is 0 Å². The highest BCUT2D eigenvalue weighted by molar-refractivity contribution is 7.71. The number of H-pyrrole nitrogens is 1. The Morgan fingerprint density at radius 1 is 1.20 bits per heavy atom. The molecule has 0 bridgehead atoms. The summed E-state index contributed by atoms with van der Waals surface area (Å²) in [6.45, 7) is 3.38. The fraction of sp³-hybridized carbons (Fsp3) is 0.609. The number of benzene rings is 1. The van der Waals surface area contributed by atoms with Gasteiger partial charge >= 0.3 is 0 Å². The predicted molar refractivity (Wildman–Crippen MR) is 120 cm³/mol. The lowest BCUT2D eigenvalue weighted by Crippen LogP contribution is -2.43. The molecule has 30 heavy (non-hydrogen) atoms. The molecule has 2 aliphatic rings. The zero-order chi connectivity index (χ0) is 21.3. The minimum absolute atomic E-state index is 0.0857. The van der Waals surface area contributed by atoms with Crippen molar-refractivity contribution < 1.29 is 9.53 Å². The first-order chi connectivity index (χ1) is 14.5. The summed E-state index contributed by atoms with van der Waals surface area (Å²) in [7, 11) is 1.64. The van der Waals surface area contributed by atoms with Gasteiger partial charge in [-0.3, -0.25) is 14.2 Å². The van der Waals surface area contributed by atoms with Crippen LogP contribution < -0.4 is 5.56 Å². The summed E-state index contributed by atoms with van der Waals surface area (Å²) in [6, 6.07) is 6.07. The molecule has 1 N–H and O–H groups in total. The Hall–Kier alpha value is -1.99. The van der Waals surface area contributed by atoms with E-state index in [2.05, 4.69) is 16.8 Å². The van der Waals surface area contributed by atoms with Gasteiger partial charge in [-0.15, -0.1) is 0 Å². The van der Waals surface area contributed by atoms with Gasteiger partial charge in [-0.1, -0.05) is 6.92 Å². The largest absolute Gasteiger partial charge is 0.385 e. The maximum absolute atomic E-state index is 13.5. The molecule has 0 radical (unpaired) electrons. The van der Waals surface area contributed by atoms with Crippen molar-refractivity contribution in [3.63, 3.8) is 0 Å². The van der Waals surface area contributed by atoms with Crippen LogP contribution in [0.4, 0.5) is 0 Å². The zero-order valence-electron chi connectivity index (χ0n) is 17.9. The van der Waals surface area contributed by atoms with Crippen molar-refractivity contribution in [2.45, 2.75) is 70.5 Å². The molecular weight excluding hydrogens is 398 g/mol. The fourth-order valence-corrected chi connectivity index (χ4v) is 4.89. The third-order valence-electron chi connectivity index (χ3n) is 6.51. The number of carbonyl (C=O) groups is 1. The van der Waals surface area contributed by atoms with Gasteiger partial charge in [0, 0.05) is 37.9 Å². The first-order valence-corrected chi connectivity index (χ1v) is 11.5. The molecule has 1 amide bonds. The fourth-order valence-electron chi connectivity index (χ4n) is 4.61. The highest BCUT2D eigenvalue weighted by Gasteiger charge is 2.38. The lowest BCUT2D eigenvalue weighted by atomic mass is 9.86. The van der Waals surface area contributed by atoms with Crippen LogP contribution in [0.15, 0.2) is 23.0 Å². The summed E-state index contributed by atoms with van der Waals surface area (Å²) >= 11 is 5.41. The van der Waals surface area contributed by atoms with E-state index in [1.807, 2.05) is 0 Å². The van der Waals surface area contributed by atoms with Gasteiger partial charge in [0.05, 0.1) is 10.9 Å². The molecule has 0 saturated heterocycles. The first-order valence-electron chi connectivity index (χ1n) is 11.1. The Labute approximate surface area is 182 Å². The van der Waals surface area contributed by atoms with Crippen LogP contribution in [0.25, 0.3) is 10.9 Å². The molecule has 7 heteroatoms. The summed E-state index contributed by atoms with van der Waals surface area (Å²) in [4.78, 5) is 31.6. The Balaban J connectivity index is 1.62. The maximum atomic E-state index is 13.5. The van der Waals surface area contributed by atoms with Crippen LogP contribution in [0.5, 0.6) is 0 Å². The molecule has 1 aromatic heterocycles. The standard InChI is InChI=1S/C23H31N3O3S/c1-15-4-7-17(8-5-15)26(18-9-10-18)21(27)16-6-11-19-20(14-16)24-23(30)25(22(19)28)12-3-13-29-2/h6,11,14-15,17-18H,3-5,7-10,12-13H2,1-2H3,(H,24,30). The lowest BCUT2D eigenvalue weighted by Gasteiger charge is -2.36. The number of ether oxygens (including phenoxy) is 1. The Morgan fingerprint density at radius 2 is 1.87 bits per heavy atom. The van der Waals surface area contributed by atoms with E-state index in [1.54, 1.807) is 29.9 Å². The monoisotopic (exact) mass is 429 g/mol. The van der Waals surface area contributed by atoms with Gasteiger partial charge < -0.3 is 14.6 Å². The molecule has 162 valence electrons. The molecule has 0 unspecified atom stereocenters. The number of aromatic amines is 1. The summed E-state index contributed by atoms with van der Waals surface area (Å²) in [5, 5.41) is 0.557. The molecule has 1 aromatic carbocycles. The van der Waals surface area contributed by atoms with Crippen molar-refractivity contribution in [3.8, 4) is 0 Å². The Bertz CT molecular complexity index is 1030. The number of rotatable bonds is 7. The van der Waals surface area contributed by atoms with Gasteiger partial charge in [0.25, 0.3) is 11.5 Å². The smallest absolute Gasteiger partial charge is 0.262 e. The van der Waals surface area contributed by atoms with E-state index in [-0.39, 0.29) is 11.5 Å². The predicted octanol–water partition coefficient (Wildman–Crippen LogP) is 4.28. The van der Waals surface area contributed by atoms with E-state index < -0.39 is 0 Å². The Kier molecular flexibility index (Phi) is 6.39. The summed E-state index contributed by atoms with van der Waals surface area (Å²) < 4.78 is 7.02. The molecule has 1 heterocycles. The molecule has 0 spiro atoms. The average molecular weight is 430 g/mol. The summed E-state index contributed by atoms with van der Waals surface area (Å²) in [6.07, 6.45) is 7.46. The van der Waals surface area contributed by atoms with E-state index >= 15 is 0 Å². The van der Waals surface area contributed by atoms with E-state index in [1.165, 1.54) is 12.8 Å². The normalized spacial score (nSPS) is 21.7. The molecule has 2 saturated carbocycles. The van der Waals surface area contributed by atoms with Crippen LogP contribution in [0.1, 0.15) is 62.2 Å². The van der Waals surface area contributed by atoms with Gasteiger partial charge in [-0.05, 0) is 81.3 Å². The molecule has 4 rings (SSSR count). The second-order valence-electron chi connectivity index (χ2n) is 8.85. The number of hydrogen-bond donors (Lipinski definition) is 1. The van der Waals surface area contributed by atoms with Crippen molar-refractivity contribution in [1.82, 2.24) is 14.5 Å². The van der Waals surface area contributed by atoms with Crippen LogP contribution in [0, 0.1) is 10.7 Å².